The Bertz CT molecular complexity index is 1350. The zero-order valence-corrected chi connectivity index (χ0v) is 17.8. The Labute approximate surface area is 187 Å². The third kappa shape index (κ3) is 3.75. The van der Waals surface area contributed by atoms with E-state index in [4.69, 9.17) is 5.73 Å². The molecule has 0 saturated carbocycles. The SMILES string of the molecule is N#Cc1cc(F)ccc1Sc1cc(-c2ccc(N3CC[C@@H](O)C3)nc2)cn2ncc(N)c12. The van der Waals surface area contributed by atoms with Crippen LogP contribution in [0.3, 0.4) is 0 Å². The van der Waals surface area contributed by atoms with Gasteiger partial charge in [0.1, 0.15) is 23.2 Å². The summed E-state index contributed by atoms with van der Waals surface area (Å²) in [6.07, 6.45) is 5.69. The molecule has 1 atom stereocenters. The third-order valence-electron chi connectivity index (χ3n) is 5.46. The number of hydrogen-bond acceptors (Lipinski definition) is 7. The lowest BCUT2D eigenvalue weighted by molar-refractivity contribution is 0.198. The lowest BCUT2D eigenvalue weighted by atomic mass is 10.1. The molecule has 0 spiro atoms. The molecule has 0 unspecified atom stereocenters. The molecule has 9 heteroatoms. The number of aromatic nitrogens is 3. The molecule has 1 aromatic carbocycles. The molecule has 0 radical (unpaired) electrons. The number of β-amino-alcohol motifs (C(OH)–C–C–N with tert-alkyl or cyclic N) is 1. The summed E-state index contributed by atoms with van der Waals surface area (Å²) in [6, 6.07) is 12.1. The quantitative estimate of drug-likeness (QED) is 0.492. The number of anilines is 2. The Hall–Kier alpha value is -3.61. The van der Waals surface area contributed by atoms with E-state index in [1.54, 1.807) is 23.0 Å². The van der Waals surface area contributed by atoms with E-state index in [2.05, 4.69) is 15.0 Å². The third-order valence-corrected chi connectivity index (χ3v) is 6.56. The van der Waals surface area contributed by atoms with E-state index in [1.165, 1.54) is 23.9 Å². The van der Waals surface area contributed by atoms with E-state index in [-0.39, 0.29) is 11.7 Å². The van der Waals surface area contributed by atoms with E-state index >= 15 is 0 Å². The largest absolute Gasteiger partial charge is 0.396 e. The van der Waals surface area contributed by atoms with Crippen LogP contribution in [-0.2, 0) is 0 Å². The van der Waals surface area contributed by atoms with Gasteiger partial charge in [0, 0.05) is 46.4 Å². The molecule has 160 valence electrons. The Morgan fingerprint density at radius 1 is 1.16 bits per heavy atom. The van der Waals surface area contributed by atoms with Crippen LogP contribution in [0, 0.1) is 17.1 Å². The fraction of sp³-hybridized carbons (Fsp3) is 0.174. The highest BCUT2D eigenvalue weighted by molar-refractivity contribution is 7.99. The zero-order valence-electron chi connectivity index (χ0n) is 16.9. The molecule has 3 N–H and O–H groups in total. The molecular weight excluding hydrogens is 427 g/mol. The molecule has 1 saturated heterocycles. The fourth-order valence-corrected chi connectivity index (χ4v) is 4.92. The van der Waals surface area contributed by atoms with Crippen molar-refractivity contribution in [3.63, 3.8) is 0 Å². The number of aliphatic hydroxyl groups excluding tert-OH is 1. The van der Waals surface area contributed by atoms with Crippen molar-refractivity contribution in [2.75, 3.05) is 23.7 Å². The first kappa shape index (κ1) is 20.3. The highest BCUT2D eigenvalue weighted by atomic mass is 32.2. The minimum Gasteiger partial charge on any atom is -0.396 e. The normalized spacial score (nSPS) is 15.9. The number of rotatable bonds is 4. The fourth-order valence-electron chi connectivity index (χ4n) is 3.83. The minimum atomic E-state index is -0.453. The summed E-state index contributed by atoms with van der Waals surface area (Å²) in [7, 11) is 0. The lowest BCUT2D eigenvalue weighted by Crippen LogP contribution is -2.21. The molecular formula is C23H19FN6OS. The van der Waals surface area contributed by atoms with Gasteiger partial charge in [-0.3, -0.25) is 0 Å². The molecule has 4 heterocycles. The van der Waals surface area contributed by atoms with Gasteiger partial charge in [0.25, 0.3) is 0 Å². The summed E-state index contributed by atoms with van der Waals surface area (Å²) in [4.78, 5) is 8.07. The lowest BCUT2D eigenvalue weighted by Gasteiger charge is -2.17. The molecule has 7 nitrogen and oxygen atoms in total. The molecule has 4 aromatic rings. The molecule has 5 rings (SSSR count). The first-order chi connectivity index (χ1) is 15.5. The molecule has 0 bridgehead atoms. The smallest absolute Gasteiger partial charge is 0.128 e. The molecule has 0 amide bonds. The van der Waals surface area contributed by atoms with Crippen molar-refractivity contribution in [3.8, 4) is 17.2 Å². The average Bonchev–Trinajstić information content (AvgIpc) is 3.40. The van der Waals surface area contributed by atoms with Crippen LogP contribution in [0.25, 0.3) is 16.6 Å². The van der Waals surface area contributed by atoms with Crippen LogP contribution in [0.15, 0.2) is 64.8 Å². The summed E-state index contributed by atoms with van der Waals surface area (Å²) in [5.41, 5.74) is 9.43. The number of aliphatic hydroxyl groups is 1. The van der Waals surface area contributed by atoms with Crippen molar-refractivity contribution in [1.82, 2.24) is 14.6 Å². The molecule has 32 heavy (non-hydrogen) atoms. The second-order valence-electron chi connectivity index (χ2n) is 7.63. The van der Waals surface area contributed by atoms with Gasteiger partial charge in [-0.2, -0.15) is 10.4 Å². The Morgan fingerprint density at radius 3 is 2.75 bits per heavy atom. The van der Waals surface area contributed by atoms with Crippen LogP contribution in [0.1, 0.15) is 12.0 Å². The Kier molecular flexibility index (Phi) is 5.17. The van der Waals surface area contributed by atoms with E-state index < -0.39 is 5.82 Å². The molecule has 0 aliphatic carbocycles. The van der Waals surface area contributed by atoms with Gasteiger partial charge >= 0.3 is 0 Å². The van der Waals surface area contributed by atoms with E-state index in [9.17, 15) is 14.8 Å². The standard InChI is InChI=1S/C23H19FN6OS/c24-17-2-3-20(15(7-17)9-25)32-21-8-16(12-30-23(21)19(26)11-28-30)14-1-4-22(27-10-14)29-6-5-18(31)13-29/h1-4,7-8,10-12,18,31H,5-6,13,26H2/t18-/m1/s1. The van der Waals surface area contributed by atoms with Crippen molar-refractivity contribution in [2.24, 2.45) is 0 Å². The van der Waals surface area contributed by atoms with Gasteiger partial charge in [0.2, 0.25) is 0 Å². The number of nitriles is 1. The maximum absolute atomic E-state index is 13.6. The summed E-state index contributed by atoms with van der Waals surface area (Å²) >= 11 is 1.34. The van der Waals surface area contributed by atoms with E-state index in [0.717, 1.165) is 40.3 Å². The summed E-state index contributed by atoms with van der Waals surface area (Å²) in [5.74, 6) is 0.375. The topological polar surface area (TPSA) is 103 Å². The number of pyridine rings is 2. The maximum atomic E-state index is 13.6. The highest BCUT2D eigenvalue weighted by Gasteiger charge is 2.21. The van der Waals surface area contributed by atoms with Crippen LogP contribution < -0.4 is 10.6 Å². The minimum absolute atomic E-state index is 0.260. The number of benzene rings is 1. The number of halogens is 1. The van der Waals surface area contributed by atoms with Crippen LogP contribution in [0.5, 0.6) is 0 Å². The van der Waals surface area contributed by atoms with Crippen molar-refractivity contribution in [1.29, 1.82) is 5.26 Å². The number of nitrogens with two attached hydrogens (primary N) is 1. The maximum Gasteiger partial charge on any atom is 0.128 e. The van der Waals surface area contributed by atoms with E-state index in [0.29, 0.717) is 17.1 Å². The predicted molar refractivity (Wildman–Crippen MR) is 121 cm³/mol. The average molecular weight is 447 g/mol. The molecule has 3 aromatic heterocycles. The summed E-state index contributed by atoms with van der Waals surface area (Å²) in [6.45, 7) is 1.37. The van der Waals surface area contributed by atoms with Gasteiger partial charge in [-0.05, 0) is 42.8 Å². The molecule has 1 aliphatic rings. The first-order valence-electron chi connectivity index (χ1n) is 10.1. The van der Waals surface area contributed by atoms with Crippen LogP contribution in [0.2, 0.25) is 0 Å². The number of nitrogen functional groups attached to an aromatic ring is 1. The van der Waals surface area contributed by atoms with Gasteiger partial charge in [-0.25, -0.2) is 13.9 Å². The number of fused-ring (bicyclic) bond motifs is 1. The number of nitrogens with zero attached hydrogens (tertiary/aromatic N) is 5. The van der Waals surface area contributed by atoms with Gasteiger partial charge in [0.15, 0.2) is 0 Å². The Morgan fingerprint density at radius 2 is 2.03 bits per heavy atom. The van der Waals surface area contributed by atoms with Gasteiger partial charge in [-0.1, -0.05) is 11.8 Å². The van der Waals surface area contributed by atoms with Crippen molar-refractivity contribution < 1.29 is 9.50 Å². The zero-order chi connectivity index (χ0) is 22.2. The second-order valence-corrected chi connectivity index (χ2v) is 8.72. The van der Waals surface area contributed by atoms with Crippen LogP contribution >= 0.6 is 11.8 Å². The monoisotopic (exact) mass is 446 g/mol. The summed E-state index contributed by atoms with van der Waals surface area (Å²) in [5, 5.41) is 23.5. The number of hydrogen-bond donors (Lipinski definition) is 2. The predicted octanol–water partition coefficient (Wildman–Crippen LogP) is 3.71. The Balaban J connectivity index is 1.54. The second kappa shape index (κ2) is 8.15. The van der Waals surface area contributed by atoms with Gasteiger partial charge in [0.05, 0.1) is 23.6 Å². The van der Waals surface area contributed by atoms with Crippen molar-refractivity contribution in [3.05, 3.63) is 66.4 Å². The summed E-state index contributed by atoms with van der Waals surface area (Å²) < 4.78 is 15.3. The highest BCUT2D eigenvalue weighted by Crippen LogP contribution is 2.38. The van der Waals surface area contributed by atoms with Crippen LogP contribution in [-0.4, -0.2) is 38.9 Å². The molecule has 1 fully saturated rings. The van der Waals surface area contributed by atoms with E-state index in [1.807, 2.05) is 30.5 Å². The first-order valence-corrected chi connectivity index (χ1v) is 10.9. The van der Waals surface area contributed by atoms with Crippen molar-refractivity contribution in [2.45, 2.75) is 22.3 Å². The van der Waals surface area contributed by atoms with Gasteiger partial charge in [-0.15, -0.1) is 0 Å². The molecule has 1 aliphatic heterocycles. The van der Waals surface area contributed by atoms with Crippen molar-refractivity contribution >= 4 is 28.8 Å². The van der Waals surface area contributed by atoms with Gasteiger partial charge < -0.3 is 15.7 Å². The van der Waals surface area contributed by atoms with Crippen LogP contribution in [0.4, 0.5) is 15.9 Å².